The fourth-order valence-electron chi connectivity index (χ4n) is 2.75. The molecule has 1 aromatic carbocycles. The van der Waals surface area contributed by atoms with Gasteiger partial charge in [-0.3, -0.25) is 9.48 Å². The van der Waals surface area contributed by atoms with Gasteiger partial charge in [-0.25, -0.2) is 0 Å². The Morgan fingerprint density at radius 1 is 1.32 bits per heavy atom. The number of hydrogen-bond donors (Lipinski definition) is 0. The summed E-state index contributed by atoms with van der Waals surface area (Å²) < 4.78 is 1.76. The van der Waals surface area contributed by atoms with Crippen molar-refractivity contribution in [1.82, 2.24) is 14.7 Å². The van der Waals surface area contributed by atoms with E-state index in [-0.39, 0.29) is 11.9 Å². The molecule has 0 N–H and O–H groups in total. The molecule has 118 valence electrons. The van der Waals surface area contributed by atoms with Gasteiger partial charge in [-0.2, -0.15) is 5.10 Å². The van der Waals surface area contributed by atoms with Crippen LogP contribution in [0.4, 0.5) is 0 Å². The van der Waals surface area contributed by atoms with E-state index in [9.17, 15) is 4.79 Å². The summed E-state index contributed by atoms with van der Waals surface area (Å²) >= 11 is 0. The van der Waals surface area contributed by atoms with Crippen molar-refractivity contribution in [2.45, 2.75) is 39.2 Å². The molecule has 0 bridgehead atoms. The molecule has 0 saturated carbocycles. The second-order valence-electron chi connectivity index (χ2n) is 5.85. The zero-order valence-electron chi connectivity index (χ0n) is 13.9. The number of amides is 1. The number of aryl methyl sites for hydroxylation is 2. The number of aromatic nitrogens is 2. The zero-order valence-corrected chi connectivity index (χ0v) is 13.9. The van der Waals surface area contributed by atoms with Crippen molar-refractivity contribution in [2.24, 2.45) is 7.05 Å². The van der Waals surface area contributed by atoms with Crippen LogP contribution in [-0.2, 0) is 24.7 Å². The first-order chi connectivity index (χ1) is 10.5. The first-order valence-corrected chi connectivity index (χ1v) is 7.80. The van der Waals surface area contributed by atoms with E-state index in [1.807, 2.05) is 50.3 Å². The molecular formula is C18H25N3O. The molecule has 0 fully saturated rings. The van der Waals surface area contributed by atoms with Crippen molar-refractivity contribution >= 4 is 5.91 Å². The van der Waals surface area contributed by atoms with Gasteiger partial charge in [-0.1, -0.05) is 37.3 Å². The zero-order chi connectivity index (χ0) is 16.1. The van der Waals surface area contributed by atoms with Crippen LogP contribution in [0, 0.1) is 6.92 Å². The van der Waals surface area contributed by atoms with Crippen molar-refractivity contribution < 1.29 is 4.79 Å². The highest BCUT2D eigenvalue weighted by Gasteiger charge is 2.20. The van der Waals surface area contributed by atoms with Gasteiger partial charge in [0.2, 0.25) is 5.91 Å². The van der Waals surface area contributed by atoms with Crippen molar-refractivity contribution in [3.05, 3.63) is 53.3 Å². The molecule has 2 aromatic rings. The van der Waals surface area contributed by atoms with Crippen LogP contribution in [0.25, 0.3) is 0 Å². The third kappa shape index (κ3) is 3.97. The monoisotopic (exact) mass is 299 g/mol. The van der Waals surface area contributed by atoms with Crippen molar-refractivity contribution in [3.63, 3.8) is 0 Å². The summed E-state index contributed by atoms with van der Waals surface area (Å²) in [5, 5.41) is 4.30. The smallest absolute Gasteiger partial charge is 0.227 e. The molecule has 1 atom stereocenters. The highest BCUT2D eigenvalue weighted by atomic mass is 16.2. The normalized spacial score (nSPS) is 12.2. The van der Waals surface area contributed by atoms with E-state index in [4.69, 9.17) is 0 Å². The summed E-state index contributed by atoms with van der Waals surface area (Å²) in [6.45, 7) is 4.08. The Balaban J connectivity index is 2.02. The van der Waals surface area contributed by atoms with E-state index < -0.39 is 0 Å². The quantitative estimate of drug-likeness (QED) is 0.822. The molecule has 1 amide bonds. The summed E-state index contributed by atoms with van der Waals surface area (Å²) in [7, 11) is 3.79. The first kappa shape index (κ1) is 16.3. The number of carbonyl (C=O) groups excluding carboxylic acids is 1. The van der Waals surface area contributed by atoms with Crippen LogP contribution in [-0.4, -0.2) is 33.7 Å². The van der Waals surface area contributed by atoms with Crippen LogP contribution in [0.1, 0.15) is 30.2 Å². The molecule has 1 aromatic heterocycles. The van der Waals surface area contributed by atoms with Gasteiger partial charge in [0, 0.05) is 31.9 Å². The van der Waals surface area contributed by atoms with Gasteiger partial charge < -0.3 is 4.90 Å². The third-order valence-electron chi connectivity index (χ3n) is 4.18. The lowest BCUT2D eigenvalue weighted by atomic mass is 10.0. The predicted octanol–water partition coefficient (Wildman–Crippen LogP) is 2.75. The molecule has 0 aliphatic carbocycles. The van der Waals surface area contributed by atoms with Crippen LogP contribution >= 0.6 is 0 Å². The summed E-state index contributed by atoms with van der Waals surface area (Å²) in [5.41, 5.74) is 3.21. The molecule has 0 aliphatic rings. The van der Waals surface area contributed by atoms with Gasteiger partial charge in [0.05, 0.1) is 12.1 Å². The minimum absolute atomic E-state index is 0.152. The van der Waals surface area contributed by atoms with E-state index >= 15 is 0 Å². The summed E-state index contributed by atoms with van der Waals surface area (Å²) in [5.74, 6) is 0.152. The maximum atomic E-state index is 12.6. The molecule has 0 radical (unpaired) electrons. The lowest BCUT2D eigenvalue weighted by molar-refractivity contribution is -0.131. The molecule has 2 rings (SSSR count). The molecule has 1 unspecified atom stereocenters. The largest absolute Gasteiger partial charge is 0.342 e. The molecule has 0 saturated heterocycles. The lowest BCUT2D eigenvalue weighted by Gasteiger charge is -2.27. The van der Waals surface area contributed by atoms with Gasteiger partial charge in [0.1, 0.15) is 0 Å². The van der Waals surface area contributed by atoms with E-state index in [1.165, 1.54) is 5.56 Å². The molecule has 22 heavy (non-hydrogen) atoms. The Labute approximate surface area is 132 Å². The SMILES string of the molecule is CCC(Cc1ccccc1)N(C)C(=O)Cc1cn(C)nc1C. The van der Waals surface area contributed by atoms with Crippen LogP contribution in [0.3, 0.4) is 0 Å². The lowest BCUT2D eigenvalue weighted by Crippen LogP contribution is -2.39. The predicted molar refractivity (Wildman–Crippen MR) is 88.6 cm³/mol. The summed E-state index contributed by atoms with van der Waals surface area (Å²) in [6.07, 6.45) is 4.19. The highest BCUT2D eigenvalue weighted by molar-refractivity contribution is 5.79. The van der Waals surface area contributed by atoms with Crippen LogP contribution in [0.15, 0.2) is 36.5 Å². The second kappa shape index (κ2) is 7.25. The Kier molecular flexibility index (Phi) is 5.36. The fourth-order valence-corrected chi connectivity index (χ4v) is 2.75. The Hall–Kier alpha value is -2.10. The van der Waals surface area contributed by atoms with Gasteiger partial charge in [-0.15, -0.1) is 0 Å². The molecule has 0 spiro atoms. The Morgan fingerprint density at radius 3 is 2.55 bits per heavy atom. The fraction of sp³-hybridized carbons (Fsp3) is 0.444. The number of likely N-dealkylation sites (N-methyl/N-ethyl adjacent to an activating group) is 1. The molecule has 0 aliphatic heterocycles. The number of nitrogens with zero attached hydrogens (tertiary/aromatic N) is 3. The molecular weight excluding hydrogens is 274 g/mol. The maximum Gasteiger partial charge on any atom is 0.227 e. The maximum absolute atomic E-state index is 12.6. The minimum atomic E-state index is 0.152. The van der Waals surface area contributed by atoms with E-state index in [0.29, 0.717) is 6.42 Å². The minimum Gasteiger partial charge on any atom is -0.342 e. The van der Waals surface area contributed by atoms with Crippen molar-refractivity contribution in [2.75, 3.05) is 7.05 Å². The van der Waals surface area contributed by atoms with E-state index in [0.717, 1.165) is 24.1 Å². The number of hydrogen-bond acceptors (Lipinski definition) is 2. The Morgan fingerprint density at radius 2 is 2.00 bits per heavy atom. The van der Waals surface area contributed by atoms with E-state index in [2.05, 4.69) is 24.2 Å². The van der Waals surface area contributed by atoms with Crippen LogP contribution < -0.4 is 0 Å². The second-order valence-corrected chi connectivity index (χ2v) is 5.85. The van der Waals surface area contributed by atoms with Crippen molar-refractivity contribution in [3.8, 4) is 0 Å². The van der Waals surface area contributed by atoms with Crippen LogP contribution in [0.5, 0.6) is 0 Å². The summed E-state index contributed by atoms with van der Waals surface area (Å²) in [6, 6.07) is 10.6. The third-order valence-corrected chi connectivity index (χ3v) is 4.18. The van der Waals surface area contributed by atoms with Crippen LogP contribution in [0.2, 0.25) is 0 Å². The number of rotatable bonds is 6. The van der Waals surface area contributed by atoms with Crippen molar-refractivity contribution in [1.29, 1.82) is 0 Å². The van der Waals surface area contributed by atoms with E-state index in [1.54, 1.807) is 4.68 Å². The molecule has 4 nitrogen and oxygen atoms in total. The van der Waals surface area contributed by atoms with Gasteiger partial charge in [-0.05, 0) is 25.3 Å². The highest BCUT2D eigenvalue weighted by Crippen LogP contribution is 2.14. The first-order valence-electron chi connectivity index (χ1n) is 7.80. The number of carbonyl (C=O) groups is 1. The summed E-state index contributed by atoms with van der Waals surface area (Å²) in [4.78, 5) is 14.4. The molecule has 4 heteroatoms. The number of benzene rings is 1. The van der Waals surface area contributed by atoms with Gasteiger partial charge in [0.15, 0.2) is 0 Å². The van der Waals surface area contributed by atoms with Gasteiger partial charge in [0.25, 0.3) is 0 Å². The topological polar surface area (TPSA) is 38.1 Å². The average molecular weight is 299 g/mol. The molecule has 1 heterocycles. The average Bonchev–Trinajstić information content (AvgIpc) is 2.82. The van der Waals surface area contributed by atoms with Gasteiger partial charge >= 0.3 is 0 Å². The standard InChI is InChI=1S/C18H25N3O/c1-5-17(11-15-9-7-6-8-10-15)21(4)18(22)12-16-13-20(3)19-14(16)2/h6-10,13,17H,5,11-12H2,1-4H3. The Bertz CT molecular complexity index is 619.